The molecule has 0 fully saturated rings. The van der Waals surface area contributed by atoms with Crippen molar-refractivity contribution in [1.82, 2.24) is 5.32 Å². The first-order chi connectivity index (χ1) is 11.4. The van der Waals surface area contributed by atoms with E-state index in [2.05, 4.69) is 39.1 Å². The van der Waals surface area contributed by atoms with Crippen molar-refractivity contribution in [3.05, 3.63) is 34.3 Å². The standard InChI is InChI=1S/C19H31NO2.C2H6/c1-7-10-21-19(5)9-8-13(2)16(12-19)18(20-6)17-11-14(3)15(4)22-17;1-2/h11,18,20H,7-10,12H2,1-6H3;1-2H3. The number of ether oxygens (including phenoxy) is 1. The van der Waals surface area contributed by atoms with Crippen LogP contribution < -0.4 is 5.32 Å². The zero-order valence-corrected chi connectivity index (χ0v) is 17.0. The van der Waals surface area contributed by atoms with E-state index in [0.29, 0.717) is 0 Å². The van der Waals surface area contributed by atoms with Gasteiger partial charge in [-0.2, -0.15) is 0 Å². The fraction of sp³-hybridized carbons (Fsp3) is 0.714. The van der Waals surface area contributed by atoms with Gasteiger partial charge in [-0.05, 0) is 77.6 Å². The lowest BCUT2D eigenvalue weighted by Crippen LogP contribution is -2.35. The Morgan fingerprint density at radius 2 is 1.96 bits per heavy atom. The molecule has 3 heteroatoms. The van der Waals surface area contributed by atoms with Crippen molar-refractivity contribution < 1.29 is 9.15 Å². The summed E-state index contributed by atoms with van der Waals surface area (Å²) >= 11 is 0. The topological polar surface area (TPSA) is 34.4 Å². The molecule has 1 aromatic heterocycles. The normalized spacial score (nSPS) is 22.2. The van der Waals surface area contributed by atoms with Crippen LogP contribution in [0.5, 0.6) is 0 Å². The minimum Gasteiger partial charge on any atom is -0.464 e. The predicted molar refractivity (Wildman–Crippen MR) is 103 cm³/mol. The molecule has 138 valence electrons. The van der Waals surface area contributed by atoms with Crippen LogP contribution in [0.25, 0.3) is 0 Å². The van der Waals surface area contributed by atoms with Crippen LogP contribution in [0.4, 0.5) is 0 Å². The second-order valence-electron chi connectivity index (χ2n) is 6.89. The molecule has 0 saturated carbocycles. The SMILES string of the molecule is CC.CCCOC1(C)CCC(C)=C(C(NC)c2cc(C)c(C)o2)C1. The van der Waals surface area contributed by atoms with E-state index in [0.717, 1.165) is 43.8 Å². The van der Waals surface area contributed by atoms with Crippen LogP contribution in [0.15, 0.2) is 21.6 Å². The van der Waals surface area contributed by atoms with Gasteiger partial charge in [-0.1, -0.05) is 26.3 Å². The van der Waals surface area contributed by atoms with Gasteiger partial charge in [-0.25, -0.2) is 0 Å². The van der Waals surface area contributed by atoms with Crippen molar-refractivity contribution in [2.75, 3.05) is 13.7 Å². The third-order valence-corrected chi connectivity index (χ3v) is 4.90. The minimum atomic E-state index is -0.0450. The van der Waals surface area contributed by atoms with Crippen LogP contribution >= 0.6 is 0 Å². The lowest BCUT2D eigenvalue weighted by atomic mass is 9.78. The van der Waals surface area contributed by atoms with Gasteiger partial charge < -0.3 is 14.5 Å². The van der Waals surface area contributed by atoms with Crippen molar-refractivity contribution in [2.45, 2.75) is 85.8 Å². The van der Waals surface area contributed by atoms with E-state index in [9.17, 15) is 0 Å². The van der Waals surface area contributed by atoms with Gasteiger partial charge in [-0.15, -0.1) is 0 Å². The summed E-state index contributed by atoms with van der Waals surface area (Å²) in [4.78, 5) is 0. The van der Waals surface area contributed by atoms with Crippen LogP contribution in [0.3, 0.4) is 0 Å². The summed E-state index contributed by atoms with van der Waals surface area (Å²) in [6.45, 7) is 15.6. The Morgan fingerprint density at radius 1 is 1.29 bits per heavy atom. The highest BCUT2D eigenvalue weighted by atomic mass is 16.5. The molecule has 1 heterocycles. The summed E-state index contributed by atoms with van der Waals surface area (Å²) in [5.74, 6) is 2.03. The van der Waals surface area contributed by atoms with E-state index in [4.69, 9.17) is 9.15 Å². The fourth-order valence-corrected chi connectivity index (χ4v) is 3.31. The molecule has 1 aromatic rings. The summed E-state index contributed by atoms with van der Waals surface area (Å²) < 4.78 is 12.1. The highest BCUT2D eigenvalue weighted by Gasteiger charge is 2.34. The smallest absolute Gasteiger partial charge is 0.125 e. The number of furan rings is 1. The number of allylic oxidation sites excluding steroid dienone is 1. The second-order valence-corrected chi connectivity index (χ2v) is 6.89. The van der Waals surface area contributed by atoms with Crippen LogP contribution in [0, 0.1) is 13.8 Å². The Kier molecular flexibility index (Phi) is 8.24. The Bertz CT molecular complexity index is 525. The molecule has 0 aliphatic heterocycles. The quantitative estimate of drug-likeness (QED) is 0.660. The highest BCUT2D eigenvalue weighted by Crippen LogP contribution is 2.41. The lowest BCUT2D eigenvalue weighted by Gasteiger charge is -2.38. The van der Waals surface area contributed by atoms with Gasteiger partial charge in [-0.3, -0.25) is 0 Å². The molecular weight excluding hydrogens is 298 g/mol. The minimum absolute atomic E-state index is 0.0450. The fourth-order valence-electron chi connectivity index (χ4n) is 3.31. The maximum atomic E-state index is 6.17. The summed E-state index contributed by atoms with van der Waals surface area (Å²) in [5.41, 5.74) is 4.08. The zero-order chi connectivity index (χ0) is 18.3. The average molecular weight is 336 g/mol. The first-order valence-electron chi connectivity index (χ1n) is 9.47. The molecule has 1 N–H and O–H groups in total. The number of nitrogens with one attached hydrogen (secondary N) is 1. The summed E-state index contributed by atoms with van der Waals surface area (Å²) in [5, 5.41) is 3.45. The molecular formula is C21H37NO2. The molecule has 1 aliphatic rings. The van der Waals surface area contributed by atoms with Gasteiger partial charge in [0.1, 0.15) is 11.5 Å². The van der Waals surface area contributed by atoms with Crippen molar-refractivity contribution in [3.8, 4) is 0 Å². The molecule has 0 amide bonds. The van der Waals surface area contributed by atoms with E-state index < -0.39 is 0 Å². The zero-order valence-electron chi connectivity index (χ0n) is 17.0. The number of rotatable bonds is 6. The molecule has 0 bridgehead atoms. The van der Waals surface area contributed by atoms with Crippen molar-refractivity contribution in [1.29, 1.82) is 0 Å². The maximum Gasteiger partial charge on any atom is 0.125 e. The van der Waals surface area contributed by atoms with Crippen molar-refractivity contribution >= 4 is 0 Å². The third kappa shape index (κ3) is 4.97. The Hall–Kier alpha value is -1.06. The Morgan fingerprint density at radius 3 is 2.46 bits per heavy atom. The van der Waals surface area contributed by atoms with Gasteiger partial charge in [0, 0.05) is 6.61 Å². The number of likely N-dealkylation sites (N-methyl/N-ethyl adjacent to an activating group) is 1. The molecule has 3 nitrogen and oxygen atoms in total. The Labute approximate surface area is 148 Å². The van der Waals surface area contributed by atoms with Gasteiger partial charge in [0.25, 0.3) is 0 Å². The predicted octanol–water partition coefficient (Wildman–Crippen LogP) is 5.87. The van der Waals surface area contributed by atoms with Gasteiger partial charge in [0.05, 0.1) is 11.6 Å². The lowest BCUT2D eigenvalue weighted by molar-refractivity contribution is -0.0418. The molecule has 0 radical (unpaired) electrons. The van der Waals surface area contributed by atoms with Crippen LogP contribution in [0.1, 0.15) is 83.4 Å². The van der Waals surface area contributed by atoms with E-state index in [1.54, 1.807) is 0 Å². The van der Waals surface area contributed by atoms with E-state index in [1.165, 1.54) is 16.7 Å². The summed E-state index contributed by atoms with van der Waals surface area (Å²) in [6, 6.07) is 2.31. The molecule has 24 heavy (non-hydrogen) atoms. The van der Waals surface area contributed by atoms with Crippen LogP contribution in [-0.2, 0) is 4.74 Å². The number of hydrogen-bond donors (Lipinski definition) is 1. The van der Waals surface area contributed by atoms with Crippen LogP contribution in [0.2, 0.25) is 0 Å². The molecule has 1 aliphatic carbocycles. The van der Waals surface area contributed by atoms with Gasteiger partial charge >= 0.3 is 0 Å². The largest absolute Gasteiger partial charge is 0.464 e. The highest BCUT2D eigenvalue weighted by molar-refractivity contribution is 5.32. The molecule has 2 rings (SSSR count). The van der Waals surface area contributed by atoms with Crippen molar-refractivity contribution in [3.63, 3.8) is 0 Å². The summed E-state index contributed by atoms with van der Waals surface area (Å²) in [7, 11) is 2.01. The molecule has 0 saturated heterocycles. The monoisotopic (exact) mass is 335 g/mol. The van der Waals surface area contributed by atoms with E-state index >= 15 is 0 Å². The van der Waals surface area contributed by atoms with Gasteiger partial charge in [0.15, 0.2) is 0 Å². The van der Waals surface area contributed by atoms with Gasteiger partial charge in [0.2, 0.25) is 0 Å². The molecule has 2 unspecified atom stereocenters. The number of hydrogen-bond acceptors (Lipinski definition) is 3. The first-order valence-corrected chi connectivity index (χ1v) is 9.47. The van der Waals surface area contributed by atoms with E-state index in [1.807, 2.05) is 27.8 Å². The summed E-state index contributed by atoms with van der Waals surface area (Å²) in [6.07, 6.45) is 4.25. The molecule has 0 aromatic carbocycles. The van der Waals surface area contributed by atoms with Crippen molar-refractivity contribution in [2.24, 2.45) is 0 Å². The molecule has 2 atom stereocenters. The maximum absolute atomic E-state index is 6.17. The first kappa shape index (κ1) is 21.0. The third-order valence-electron chi connectivity index (χ3n) is 4.90. The van der Waals surface area contributed by atoms with Crippen LogP contribution in [-0.4, -0.2) is 19.3 Å². The number of aryl methyl sites for hydroxylation is 2. The van der Waals surface area contributed by atoms with E-state index in [-0.39, 0.29) is 11.6 Å². The Balaban J connectivity index is 0.00000139. The average Bonchev–Trinajstić information content (AvgIpc) is 2.91. The molecule has 0 spiro atoms. The second kappa shape index (κ2) is 9.43.